The number of amides is 1. The van der Waals surface area contributed by atoms with E-state index in [0.29, 0.717) is 29.8 Å². The number of nitrogens with two attached hydrogens (primary N) is 1. The van der Waals surface area contributed by atoms with Crippen LogP contribution in [-0.4, -0.2) is 18.0 Å². The van der Waals surface area contributed by atoms with Gasteiger partial charge in [-0.2, -0.15) is 0 Å². The molecule has 3 aliphatic carbocycles. The van der Waals surface area contributed by atoms with Gasteiger partial charge in [0.25, 0.3) is 0 Å². The van der Waals surface area contributed by atoms with E-state index in [1.807, 2.05) is 0 Å². The van der Waals surface area contributed by atoms with E-state index in [9.17, 15) is 4.79 Å². The quantitative estimate of drug-likeness (QED) is 0.839. The number of fused-ring (bicyclic) bond motifs is 2. The average molecular weight is 315 g/mol. The van der Waals surface area contributed by atoms with Crippen molar-refractivity contribution < 1.29 is 4.79 Å². The molecular weight excluding hydrogens is 284 g/mol. The van der Waals surface area contributed by atoms with E-state index in [0.717, 1.165) is 32.1 Å². The summed E-state index contributed by atoms with van der Waals surface area (Å²) in [6.45, 7) is 2.18. The van der Waals surface area contributed by atoms with Crippen LogP contribution in [0, 0.1) is 17.3 Å². The van der Waals surface area contributed by atoms with E-state index in [1.165, 1.54) is 32.1 Å². The van der Waals surface area contributed by atoms with Gasteiger partial charge in [-0.05, 0) is 56.8 Å². The van der Waals surface area contributed by atoms with Crippen LogP contribution in [-0.2, 0) is 4.79 Å². The number of carbonyl (C=O) groups is 1. The largest absolute Gasteiger partial charge is 0.352 e. The SMILES string of the molecule is CCC1(C(=O)NC2C3CCCC2CC(N)C3)CCCC1.Cl. The Morgan fingerprint density at radius 2 is 1.71 bits per heavy atom. The molecule has 2 unspecified atom stereocenters. The Morgan fingerprint density at radius 1 is 1.14 bits per heavy atom. The summed E-state index contributed by atoms with van der Waals surface area (Å²) >= 11 is 0. The normalized spacial score (nSPS) is 37.6. The van der Waals surface area contributed by atoms with Gasteiger partial charge in [0.1, 0.15) is 0 Å². The van der Waals surface area contributed by atoms with Gasteiger partial charge < -0.3 is 11.1 Å². The molecule has 0 heterocycles. The first kappa shape index (κ1) is 17.1. The summed E-state index contributed by atoms with van der Waals surface area (Å²) < 4.78 is 0. The molecular formula is C17H31ClN2O. The van der Waals surface area contributed by atoms with Crippen molar-refractivity contribution in [3.63, 3.8) is 0 Å². The van der Waals surface area contributed by atoms with Crippen LogP contribution < -0.4 is 11.1 Å². The van der Waals surface area contributed by atoms with Crippen molar-refractivity contribution in [2.24, 2.45) is 23.0 Å². The highest BCUT2D eigenvalue weighted by atomic mass is 35.5. The molecule has 1 amide bonds. The standard InChI is InChI=1S/C17H30N2O.ClH/c1-2-17(8-3-4-9-17)16(20)19-15-12-6-5-7-13(15)11-14(18)10-12;/h12-15H,2-11,18H2,1H3,(H,19,20);1H. The summed E-state index contributed by atoms with van der Waals surface area (Å²) in [6, 6.07) is 0.783. The number of hydrogen-bond donors (Lipinski definition) is 2. The highest BCUT2D eigenvalue weighted by molar-refractivity contribution is 5.85. The molecule has 2 atom stereocenters. The molecule has 4 heteroatoms. The van der Waals surface area contributed by atoms with E-state index >= 15 is 0 Å². The minimum atomic E-state index is -0.0478. The Kier molecular flexibility index (Phi) is 5.59. The Labute approximate surface area is 135 Å². The van der Waals surface area contributed by atoms with E-state index in [2.05, 4.69) is 12.2 Å². The van der Waals surface area contributed by atoms with Gasteiger partial charge in [0, 0.05) is 17.5 Å². The van der Waals surface area contributed by atoms with Crippen molar-refractivity contribution in [1.29, 1.82) is 0 Å². The predicted molar refractivity (Wildman–Crippen MR) is 88.4 cm³/mol. The van der Waals surface area contributed by atoms with Crippen LogP contribution in [0.25, 0.3) is 0 Å². The van der Waals surface area contributed by atoms with Crippen LogP contribution in [0.5, 0.6) is 0 Å². The van der Waals surface area contributed by atoms with E-state index < -0.39 is 0 Å². The number of halogens is 1. The zero-order chi connectivity index (χ0) is 14.2. The minimum absolute atomic E-state index is 0. The molecule has 3 rings (SSSR count). The molecule has 0 aromatic carbocycles. The summed E-state index contributed by atoms with van der Waals surface area (Å²) in [5.74, 6) is 1.63. The zero-order valence-corrected chi connectivity index (χ0v) is 14.1. The van der Waals surface area contributed by atoms with Crippen LogP contribution in [0.3, 0.4) is 0 Å². The van der Waals surface area contributed by atoms with Crippen LogP contribution in [0.1, 0.15) is 71.1 Å². The summed E-state index contributed by atoms with van der Waals surface area (Å²) in [7, 11) is 0. The molecule has 0 spiro atoms. The van der Waals surface area contributed by atoms with Gasteiger partial charge in [0.15, 0.2) is 0 Å². The fourth-order valence-corrected chi connectivity index (χ4v) is 5.12. The average Bonchev–Trinajstić information content (AvgIpc) is 2.90. The monoisotopic (exact) mass is 314 g/mol. The number of hydrogen-bond acceptors (Lipinski definition) is 2. The van der Waals surface area contributed by atoms with Crippen molar-refractivity contribution >= 4 is 18.3 Å². The van der Waals surface area contributed by atoms with Crippen molar-refractivity contribution in [3.8, 4) is 0 Å². The van der Waals surface area contributed by atoms with Gasteiger partial charge in [0.05, 0.1) is 0 Å². The van der Waals surface area contributed by atoms with Gasteiger partial charge in [0.2, 0.25) is 5.91 Å². The lowest BCUT2D eigenvalue weighted by molar-refractivity contribution is -0.133. The molecule has 3 aliphatic rings. The molecule has 122 valence electrons. The zero-order valence-electron chi connectivity index (χ0n) is 13.3. The molecule has 3 nitrogen and oxygen atoms in total. The van der Waals surface area contributed by atoms with Crippen molar-refractivity contribution in [2.75, 3.05) is 0 Å². The summed E-state index contributed by atoms with van der Waals surface area (Å²) in [5, 5.41) is 3.48. The fourth-order valence-electron chi connectivity index (χ4n) is 5.12. The lowest BCUT2D eigenvalue weighted by atomic mass is 9.66. The second-order valence-corrected chi connectivity index (χ2v) is 7.52. The van der Waals surface area contributed by atoms with Gasteiger partial charge in [-0.25, -0.2) is 0 Å². The molecule has 0 aromatic heterocycles. The Bertz CT molecular complexity index is 354. The maximum Gasteiger partial charge on any atom is 0.226 e. The van der Waals surface area contributed by atoms with Crippen LogP contribution in [0.15, 0.2) is 0 Å². The molecule has 3 fully saturated rings. The van der Waals surface area contributed by atoms with Gasteiger partial charge >= 0.3 is 0 Å². The van der Waals surface area contributed by atoms with Crippen molar-refractivity contribution in [1.82, 2.24) is 5.32 Å². The van der Waals surface area contributed by atoms with Gasteiger partial charge in [-0.15, -0.1) is 12.4 Å². The molecule has 0 aliphatic heterocycles. The maximum atomic E-state index is 12.8. The lowest BCUT2D eigenvalue weighted by Crippen LogP contribution is -2.56. The number of rotatable bonds is 3. The van der Waals surface area contributed by atoms with Crippen molar-refractivity contribution in [2.45, 2.75) is 83.2 Å². The summed E-state index contributed by atoms with van der Waals surface area (Å²) in [4.78, 5) is 12.8. The fraction of sp³-hybridized carbons (Fsp3) is 0.941. The first-order valence-electron chi connectivity index (χ1n) is 8.71. The van der Waals surface area contributed by atoms with Gasteiger partial charge in [-0.1, -0.05) is 26.2 Å². The second kappa shape index (κ2) is 6.87. The number of nitrogens with one attached hydrogen (secondary N) is 1. The molecule has 3 saturated carbocycles. The summed E-state index contributed by atoms with van der Waals surface area (Å²) in [5.41, 5.74) is 6.13. The minimum Gasteiger partial charge on any atom is -0.352 e. The maximum absolute atomic E-state index is 12.8. The topological polar surface area (TPSA) is 55.1 Å². The molecule has 0 aromatic rings. The number of carbonyl (C=O) groups excluding carboxylic acids is 1. The predicted octanol–water partition coefficient (Wildman–Crippen LogP) is 3.40. The summed E-state index contributed by atoms with van der Waals surface area (Å²) in [6.07, 6.45) is 11.7. The Balaban J connectivity index is 0.00000161. The lowest BCUT2D eigenvalue weighted by Gasteiger charge is -2.46. The first-order chi connectivity index (χ1) is 9.64. The highest BCUT2D eigenvalue weighted by Gasteiger charge is 2.44. The molecule has 21 heavy (non-hydrogen) atoms. The van der Waals surface area contributed by atoms with E-state index in [-0.39, 0.29) is 17.8 Å². The van der Waals surface area contributed by atoms with Gasteiger partial charge in [-0.3, -0.25) is 4.79 Å². The molecule has 2 bridgehead atoms. The van der Waals surface area contributed by atoms with E-state index in [4.69, 9.17) is 5.73 Å². The molecule has 3 N–H and O–H groups in total. The molecule has 0 saturated heterocycles. The van der Waals surface area contributed by atoms with E-state index in [1.54, 1.807) is 0 Å². The second-order valence-electron chi connectivity index (χ2n) is 7.52. The smallest absolute Gasteiger partial charge is 0.226 e. The Morgan fingerprint density at radius 3 is 2.24 bits per heavy atom. The molecule has 0 radical (unpaired) electrons. The highest BCUT2D eigenvalue weighted by Crippen LogP contribution is 2.43. The Hall–Kier alpha value is -0.280. The van der Waals surface area contributed by atoms with Crippen molar-refractivity contribution in [3.05, 3.63) is 0 Å². The third kappa shape index (κ3) is 3.24. The van der Waals surface area contributed by atoms with Crippen LogP contribution in [0.2, 0.25) is 0 Å². The van der Waals surface area contributed by atoms with Crippen LogP contribution in [0.4, 0.5) is 0 Å². The first-order valence-corrected chi connectivity index (χ1v) is 8.71. The third-order valence-corrected chi connectivity index (χ3v) is 6.39. The van der Waals surface area contributed by atoms with Crippen LogP contribution >= 0.6 is 12.4 Å². The third-order valence-electron chi connectivity index (χ3n) is 6.39.